The average Bonchev–Trinajstić information content (AvgIpc) is 2.43. The minimum absolute atomic E-state index is 0.0432. The average molecular weight is 326 g/mol. The van der Waals surface area contributed by atoms with Gasteiger partial charge in [0.1, 0.15) is 6.04 Å². The molecule has 1 atom stereocenters. The van der Waals surface area contributed by atoms with Gasteiger partial charge in [0.05, 0.1) is 0 Å². The minimum Gasteiger partial charge on any atom is -0.623 e. The quantitative estimate of drug-likeness (QED) is 0.236. The summed E-state index contributed by atoms with van der Waals surface area (Å²) in [7, 11) is 0. The Hall–Kier alpha value is -2.16. The van der Waals surface area contributed by atoms with E-state index in [9.17, 15) is 14.8 Å². The van der Waals surface area contributed by atoms with E-state index in [1.807, 2.05) is 0 Å². The fraction of sp³-hybridized carbons (Fsp3) is 0.462. The van der Waals surface area contributed by atoms with Crippen molar-refractivity contribution in [3.63, 3.8) is 0 Å². The fourth-order valence-electron chi connectivity index (χ4n) is 1.26. The Morgan fingerprint density at radius 3 is 2.50 bits per heavy atom. The van der Waals surface area contributed by atoms with Crippen molar-refractivity contribution in [2.24, 2.45) is 0 Å². The molecule has 0 bridgehead atoms. The van der Waals surface area contributed by atoms with Gasteiger partial charge in [0.2, 0.25) is 6.21 Å². The van der Waals surface area contributed by atoms with Crippen molar-refractivity contribution in [3.05, 3.63) is 28.7 Å². The zero-order valence-electron chi connectivity index (χ0n) is 12.5. The van der Waals surface area contributed by atoms with Gasteiger partial charge in [-0.2, -0.15) is 12.6 Å². The van der Waals surface area contributed by atoms with Gasteiger partial charge in [0.15, 0.2) is 16.9 Å². The first-order valence-electron chi connectivity index (χ1n) is 6.44. The molecule has 1 amide bonds. The SMILES string of the molecule is CC(C)(C)/[N+]([O-])=C/c1ccc(C(=O)NC(CS)C(=O)O)nn1. The Morgan fingerprint density at radius 1 is 1.45 bits per heavy atom. The van der Waals surface area contributed by atoms with E-state index in [0.29, 0.717) is 5.69 Å². The lowest BCUT2D eigenvalue weighted by Crippen LogP contribution is -2.42. The summed E-state index contributed by atoms with van der Waals surface area (Å²) in [4.78, 5) is 22.6. The van der Waals surface area contributed by atoms with Crippen molar-refractivity contribution in [1.29, 1.82) is 0 Å². The molecule has 1 unspecified atom stereocenters. The Bertz CT molecular complexity index is 581. The van der Waals surface area contributed by atoms with E-state index in [4.69, 9.17) is 5.11 Å². The highest BCUT2D eigenvalue weighted by atomic mass is 32.1. The molecule has 0 spiro atoms. The van der Waals surface area contributed by atoms with Gasteiger partial charge in [0, 0.05) is 26.5 Å². The molecular formula is C13H18N4O4S. The summed E-state index contributed by atoms with van der Waals surface area (Å²) in [6.45, 7) is 5.24. The molecule has 9 heteroatoms. The molecule has 0 aromatic carbocycles. The number of carboxylic acids is 1. The third kappa shape index (κ3) is 4.99. The molecule has 0 aliphatic heterocycles. The second-order valence-electron chi connectivity index (χ2n) is 5.52. The highest BCUT2D eigenvalue weighted by Gasteiger charge is 2.21. The van der Waals surface area contributed by atoms with Crippen LogP contribution in [0.25, 0.3) is 0 Å². The van der Waals surface area contributed by atoms with Crippen molar-refractivity contribution in [3.8, 4) is 0 Å². The number of aliphatic carboxylic acids is 1. The molecule has 2 N–H and O–H groups in total. The Kier molecular flexibility index (Phi) is 5.86. The molecule has 0 radical (unpaired) electrons. The summed E-state index contributed by atoms with van der Waals surface area (Å²) in [6, 6.07) is 1.71. The number of amides is 1. The number of nitrogens with zero attached hydrogens (tertiary/aromatic N) is 3. The molecular weight excluding hydrogens is 308 g/mol. The van der Waals surface area contributed by atoms with Crippen LogP contribution in [0.1, 0.15) is 37.0 Å². The van der Waals surface area contributed by atoms with E-state index in [1.165, 1.54) is 18.3 Å². The number of carbonyl (C=O) groups is 2. The van der Waals surface area contributed by atoms with Crippen LogP contribution in [-0.2, 0) is 4.79 Å². The zero-order valence-corrected chi connectivity index (χ0v) is 13.4. The van der Waals surface area contributed by atoms with E-state index in [1.54, 1.807) is 20.8 Å². The fourth-order valence-corrected chi connectivity index (χ4v) is 1.51. The Labute approximate surface area is 133 Å². The highest BCUT2D eigenvalue weighted by molar-refractivity contribution is 7.80. The van der Waals surface area contributed by atoms with Gasteiger partial charge in [0.25, 0.3) is 5.91 Å². The third-order valence-electron chi connectivity index (χ3n) is 2.61. The molecule has 0 aliphatic carbocycles. The number of thiol groups is 1. The number of hydrogen-bond acceptors (Lipinski definition) is 6. The Morgan fingerprint density at radius 2 is 2.09 bits per heavy atom. The summed E-state index contributed by atoms with van der Waals surface area (Å²) >= 11 is 3.85. The van der Waals surface area contributed by atoms with Crippen molar-refractivity contribution in [2.45, 2.75) is 32.4 Å². The number of nitrogens with one attached hydrogen (secondary N) is 1. The van der Waals surface area contributed by atoms with Crippen molar-refractivity contribution in [2.75, 3.05) is 5.75 Å². The second-order valence-corrected chi connectivity index (χ2v) is 5.88. The number of hydrogen-bond donors (Lipinski definition) is 3. The molecule has 8 nitrogen and oxygen atoms in total. The molecule has 0 saturated carbocycles. The number of carboxylic acid groups (broad SMARTS) is 1. The molecule has 120 valence electrons. The van der Waals surface area contributed by atoms with Crippen LogP contribution in [0, 0.1) is 5.21 Å². The van der Waals surface area contributed by atoms with E-state index in [0.717, 1.165) is 4.74 Å². The normalized spacial score (nSPS) is 13.5. The molecule has 22 heavy (non-hydrogen) atoms. The lowest BCUT2D eigenvalue weighted by Gasteiger charge is -2.18. The van der Waals surface area contributed by atoms with Crippen LogP contribution in [0.2, 0.25) is 0 Å². The first kappa shape index (κ1) is 17.9. The topological polar surface area (TPSA) is 118 Å². The smallest absolute Gasteiger partial charge is 0.327 e. The summed E-state index contributed by atoms with van der Waals surface area (Å²) in [5.74, 6) is -1.90. The standard InChI is InChI=1S/C13H18N4O4S/c1-13(2,3)17(21)6-8-4-5-9(16-15-8)11(18)14-10(7-22)12(19)20/h4-6,10,22H,7H2,1-3H3,(H,14,18)(H,19,20)/b17-6-. The molecule has 1 aromatic heterocycles. The molecule has 0 fully saturated rings. The van der Waals surface area contributed by atoms with Gasteiger partial charge >= 0.3 is 5.97 Å². The zero-order chi connectivity index (χ0) is 16.9. The monoisotopic (exact) mass is 326 g/mol. The molecule has 0 aliphatic rings. The van der Waals surface area contributed by atoms with Gasteiger partial charge in [-0.25, -0.2) is 9.53 Å². The van der Waals surface area contributed by atoms with Crippen LogP contribution in [0.3, 0.4) is 0 Å². The van der Waals surface area contributed by atoms with E-state index >= 15 is 0 Å². The summed E-state index contributed by atoms with van der Waals surface area (Å²) < 4.78 is 0.734. The number of rotatable bonds is 5. The highest BCUT2D eigenvalue weighted by Crippen LogP contribution is 2.05. The molecule has 1 rings (SSSR count). The van der Waals surface area contributed by atoms with Crippen LogP contribution in [0.15, 0.2) is 12.1 Å². The largest absolute Gasteiger partial charge is 0.623 e. The van der Waals surface area contributed by atoms with Crippen LogP contribution in [0.4, 0.5) is 0 Å². The van der Waals surface area contributed by atoms with Crippen LogP contribution in [0.5, 0.6) is 0 Å². The summed E-state index contributed by atoms with van der Waals surface area (Å²) in [5.41, 5.74) is -0.359. The van der Waals surface area contributed by atoms with Crippen molar-refractivity contribution in [1.82, 2.24) is 15.5 Å². The van der Waals surface area contributed by atoms with Crippen LogP contribution in [-0.4, -0.2) is 55.5 Å². The Balaban J connectivity index is 2.85. The van der Waals surface area contributed by atoms with E-state index in [2.05, 4.69) is 28.1 Å². The predicted molar refractivity (Wildman–Crippen MR) is 83.3 cm³/mol. The third-order valence-corrected chi connectivity index (χ3v) is 2.98. The van der Waals surface area contributed by atoms with Gasteiger partial charge in [-0.1, -0.05) is 0 Å². The van der Waals surface area contributed by atoms with E-state index in [-0.39, 0.29) is 11.4 Å². The summed E-state index contributed by atoms with van der Waals surface area (Å²) in [5, 5.41) is 30.3. The lowest BCUT2D eigenvalue weighted by molar-refractivity contribution is -0.530. The maximum absolute atomic E-state index is 11.8. The van der Waals surface area contributed by atoms with Gasteiger partial charge < -0.3 is 15.6 Å². The van der Waals surface area contributed by atoms with Gasteiger partial charge in [-0.15, -0.1) is 10.2 Å². The van der Waals surface area contributed by atoms with Crippen molar-refractivity contribution < 1.29 is 19.4 Å². The maximum atomic E-state index is 11.8. The van der Waals surface area contributed by atoms with Crippen LogP contribution >= 0.6 is 12.6 Å². The van der Waals surface area contributed by atoms with E-state index < -0.39 is 23.5 Å². The van der Waals surface area contributed by atoms with Gasteiger partial charge in [-0.3, -0.25) is 4.79 Å². The molecule has 0 saturated heterocycles. The first-order valence-corrected chi connectivity index (χ1v) is 7.08. The predicted octanol–water partition coefficient (Wildman–Crippen LogP) is 0.317. The maximum Gasteiger partial charge on any atom is 0.327 e. The van der Waals surface area contributed by atoms with Gasteiger partial charge in [-0.05, 0) is 12.1 Å². The second kappa shape index (κ2) is 7.21. The number of aromatic nitrogens is 2. The molecule has 1 heterocycles. The minimum atomic E-state index is -1.19. The summed E-state index contributed by atoms with van der Waals surface area (Å²) in [6.07, 6.45) is 1.27. The van der Waals surface area contributed by atoms with Crippen LogP contribution < -0.4 is 5.32 Å². The number of hydroxylamine groups is 1. The van der Waals surface area contributed by atoms with Crippen molar-refractivity contribution >= 4 is 30.7 Å². The molecule has 1 aromatic rings. The lowest BCUT2D eigenvalue weighted by atomic mass is 10.1. The first-order chi connectivity index (χ1) is 10.1. The number of carbonyl (C=O) groups excluding carboxylic acids is 1.